The molecule has 1 aromatic carbocycles. The summed E-state index contributed by atoms with van der Waals surface area (Å²) in [6.45, 7) is 2.24. The van der Waals surface area contributed by atoms with Crippen molar-refractivity contribution >= 4 is 28.6 Å². The van der Waals surface area contributed by atoms with Gasteiger partial charge < -0.3 is 9.73 Å². The summed E-state index contributed by atoms with van der Waals surface area (Å²) in [6, 6.07) is 8.21. The number of para-hydroxylation sites is 1. The van der Waals surface area contributed by atoms with Crippen LogP contribution in [0.5, 0.6) is 0 Å². The molecular weight excluding hydrogens is 354 g/mol. The summed E-state index contributed by atoms with van der Waals surface area (Å²) in [5, 5.41) is 4.44. The summed E-state index contributed by atoms with van der Waals surface area (Å²) < 4.78 is 6.01. The second kappa shape index (κ2) is 6.58. The smallest absolute Gasteiger partial charge is 0.287 e. The highest BCUT2D eigenvalue weighted by Crippen LogP contribution is 2.61. The van der Waals surface area contributed by atoms with Gasteiger partial charge in [-0.1, -0.05) is 18.2 Å². The van der Waals surface area contributed by atoms with Crippen LogP contribution in [-0.4, -0.2) is 18.2 Å². The molecule has 1 heterocycles. The van der Waals surface area contributed by atoms with E-state index < -0.39 is 0 Å². The number of furan rings is 1. The second-order valence-electron chi connectivity index (χ2n) is 9.31. The SMILES string of the molecule is CSCc1c(C(=O)NC(C)C23CC4CC(CC(C4)C2)C3)oc2ccccc12. The highest BCUT2D eigenvalue weighted by atomic mass is 32.2. The number of thioether (sulfide) groups is 1. The molecule has 4 fully saturated rings. The Morgan fingerprint density at radius 3 is 2.44 bits per heavy atom. The first-order valence-corrected chi connectivity index (χ1v) is 11.8. The predicted octanol–water partition coefficient (Wildman–Crippen LogP) is 5.63. The largest absolute Gasteiger partial charge is 0.451 e. The van der Waals surface area contributed by atoms with E-state index in [2.05, 4.69) is 24.6 Å². The van der Waals surface area contributed by atoms with Crippen molar-refractivity contribution in [3.05, 3.63) is 35.6 Å². The van der Waals surface area contributed by atoms with Gasteiger partial charge >= 0.3 is 0 Å². The highest BCUT2D eigenvalue weighted by Gasteiger charge is 2.53. The van der Waals surface area contributed by atoms with E-state index in [0.29, 0.717) is 11.2 Å². The molecule has 4 aliphatic carbocycles. The third kappa shape index (κ3) is 2.91. The molecule has 4 heteroatoms. The topological polar surface area (TPSA) is 42.2 Å². The van der Waals surface area contributed by atoms with E-state index >= 15 is 0 Å². The van der Waals surface area contributed by atoms with Gasteiger partial charge in [-0.3, -0.25) is 4.79 Å². The van der Waals surface area contributed by atoms with Gasteiger partial charge in [0.15, 0.2) is 5.76 Å². The minimum absolute atomic E-state index is 0.0292. The maximum absolute atomic E-state index is 13.2. The van der Waals surface area contributed by atoms with Crippen molar-refractivity contribution < 1.29 is 9.21 Å². The van der Waals surface area contributed by atoms with E-state index in [9.17, 15) is 4.79 Å². The Balaban J connectivity index is 1.41. The highest BCUT2D eigenvalue weighted by molar-refractivity contribution is 7.97. The molecule has 144 valence electrons. The lowest BCUT2D eigenvalue weighted by molar-refractivity contribution is -0.0688. The molecule has 4 bridgehead atoms. The van der Waals surface area contributed by atoms with Gasteiger partial charge in [-0.25, -0.2) is 0 Å². The average molecular weight is 384 g/mol. The number of nitrogens with one attached hydrogen (secondary N) is 1. The summed E-state index contributed by atoms with van der Waals surface area (Å²) in [5.41, 5.74) is 2.17. The van der Waals surface area contributed by atoms with Crippen molar-refractivity contribution in [2.75, 3.05) is 6.26 Å². The van der Waals surface area contributed by atoms with Crippen LogP contribution in [-0.2, 0) is 5.75 Å². The predicted molar refractivity (Wildman–Crippen MR) is 111 cm³/mol. The Kier molecular flexibility index (Phi) is 4.30. The second-order valence-corrected chi connectivity index (χ2v) is 10.2. The summed E-state index contributed by atoms with van der Waals surface area (Å²) in [5.74, 6) is 3.98. The van der Waals surface area contributed by atoms with Crippen LogP contribution in [0.15, 0.2) is 28.7 Å². The molecule has 0 saturated heterocycles. The first-order chi connectivity index (χ1) is 13.1. The minimum atomic E-state index is -0.0292. The lowest BCUT2D eigenvalue weighted by Crippen LogP contribution is -2.55. The summed E-state index contributed by atoms with van der Waals surface area (Å²) in [7, 11) is 0. The van der Waals surface area contributed by atoms with Gasteiger partial charge in [-0.15, -0.1) is 0 Å². The normalized spacial score (nSPS) is 32.7. The van der Waals surface area contributed by atoms with Gasteiger partial charge in [0.1, 0.15) is 5.58 Å². The van der Waals surface area contributed by atoms with Crippen molar-refractivity contribution in [3.8, 4) is 0 Å². The third-order valence-corrected chi connectivity index (χ3v) is 8.12. The van der Waals surface area contributed by atoms with Gasteiger partial charge in [0.05, 0.1) is 0 Å². The molecule has 0 radical (unpaired) electrons. The molecule has 4 saturated carbocycles. The van der Waals surface area contributed by atoms with Crippen LogP contribution < -0.4 is 5.32 Å². The van der Waals surface area contributed by atoms with Crippen molar-refractivity contribution in [1.82, 2.24) is 5.32 Å². The summed E-state index contributed by atoms with van der Waals surface area (Å²) >= 11 is 1.73. The van der Waals surface area contributed by atoms with Gasteiger partial charge in [0.2, 0.25) is 0 Å². The van der Waals surface area contributed by atoms with Crippen LogP contribution >= 0.6 is 11.8 Å². The Bertz CT molecular complexity index is 835. The number of hydrogen-bond donors (Lipinski definition) is 1. The van der Waals surface area contributed by atoms with Crippen molar-refractivity contribution in [2.24, 2.45) is 23.2 Å². The fourth-order valence-corrected chi connectivity index (χ4v) is 7.27. The molecular formula is C23H29NO2S. The monoisotopic (exact) mass is 383 g/mol. The van der Waals surface area contributed by atoms with Gasteiger partial charge in [0, 0.05) is 22.7 Å². The summed E-state index contributed by atoms with van der Waals surface area (Å²) in [4.78, 5) is 13.2. The Labute approximate surface area is 165 Å². The van der Waals surface area contributed by atoms with Crippen molar-refractivity contribution in [3.63, 3.8) is 0 Å². The fourth-order valence-electron chi connectivity index (χ4n) is 6.69. The molecule has 27 heavy (non-hydrogen) atoms. The van der Waals surface area contributed by atoms with E-state index in [-0.39, 0.29) is 11.9 Å². The molecule has 2 aromatic rings. The van der Waals surface area contributed by atoms with Crippen LogP contribution in [0.3, 0.4) is 0 Å². The molecule has 0 spiro atoms. The van der Waals surface area contributed by atoms with Gasteiger partial charge in [-0.05, 0) is 80.9 Å². The molecule has 1 N–H and O–H groups in total. The maximum atomic E-state index is 13.2. The van der Waals surface area contributed by atoms with E-state index in [0.717, 1.165) is 40.0 Å². The Morgan fingerprint density at radius 1 is 1.19 bits per heavy atom. The van der Waals surface area contributed by atoms with Gasteiger partial charge in [0.25, 0.3) is 5.91 Å². The number of carbonyl (C=O) groups excluding carboxylic acids is 1. The molecule has 6 rings (SSSR count). The van der Waals surface area contributed by atoms with Crippen molar-refractivity contribution in [2.45, 2.75) is 57.2 Å². The zero-order chi connectivity index (χ0) is 18.6. The number of amides is 1. The number of benzene rings is 1. The average Bonchev–Trinajstić information content (AvgIpc) is 3.00. The molecule has 0 aliphatic heterocycles. The van der Waals surface area contributed by atoms with E-state index in [1.807, 2.05) is 18.2 Å². The van der Waals surface area contributed by atoms with E-state index in [4.69, 9.17) is 4.42 Å². The standard InChI is InChI=1S/C23H29NO2S/c1-14(23-10-15-7-16(11-23)9-17(8-15)12-23)24-22(25)21-19(13-27-2)18-5-3-4-6-20(18)26-21/h3-6,14-17H,7-13H2,1-2H3,(H,24,25). The number of hydrogen-bond acceptors (Lipinski definition) is 3. The van der Waals surface area contributed by atoms with Crippen LogP contribution in [0.1, 0.15) is 61.6 Å². The van der Waals surface area contributed by atoms with E-state index in [1.54, 1.807) is 11.8 Å². The lowest BCUT2D eigenvalue weighted by Gasteiger charge is -2.59. The van der Waals surface area contributed by atoms with Crippen LogP contribution in [0.4, 0.5) is 0 Å². The number of carbonyl (C=O) groups is 1. The fraction of sp³-hybridized carbons (Fsp3) is 0.609. The number of rotatable bonds is 5. The zero-order valence-corrected chi connectivity index (χ0v) is 17.1. The zero-order valence-electron chi connectivity index (χ0n) is 16.3. The van der Waals surface area contributed by atoms with Gasteiger partial charge in [-0.2, -0.15) is 11.8 Å². The number of fused-ring (bicyclic) bond motifs is 1. The Morgan fingerprint density at radius 2 is 1.81 bits per heavy atom. The van der Waals surface area contributed by atoms with Crippen molar-refractivity contribution in [1.29, 1.82) is 0 Å². The molecule has 4 aliphatic rings. The Hall–Kier alpha value is -1.42. The van der Waals surface area contributed by atoms with Crippen LogP contribution in [0.25, 0.3) is 11.0 Å². The van der Waals surface area contributed by atoms with Crippen LogP contribution in [0.2, 0.25) is 0 Å². The summed E-state index contributed by atoms with van der Waals surface area (Å²) in [6.07, 6.45) is 10.3. The maximum Gasteiger partial charge on any atom is 0.287 e. The van der Waals surface area contributed by atoms with E-state index in [1.165, 1.54) is 38.5 Å². The first-order valence-electron chi connectivity index (χ1n) is 10.4. The molecule has 1 amide bonds. The lowest BCUT2D eigenvalue weighted by atomic mass is 9.48. The molecule has 1 aromatic heterocycles. The first kappa shape index (κ1) is 17.7. The quantitative estimate of drug-likeness (QED) is 0.727. The molecule has 1 atom stereocenters. The third-order valence-electron chi connectivity index (χ3n) is 7.54. The molecule has 3 nitrogen and oxygen atoms in total. The molecule has 1 unspecified atom stereocenters. The van der Waals surface area contributed by atoms with Crippen LogP contribution in [0, 0.1) is 23.2 Å². The minimum Gasteiger partial charge on any atom is -0.451 e.